The van der Waals surface area contributed by atoms with Crippen molar-refractivity contribution in [2.75, 3.05) is 0 Å². The Morgan fingerprint density at radius 1 is 1.38 bits per heavy atom. The Morgan fingerprint density at radius 2 is 2.23 bits per heavy atom. The molecule has 0 amide bonds. The minimum absolute atomic E-state index is 0.349. The van der Waals surface area contributed by atoms with Gasteiger partial charge in [0.2, 0.25) is 0 Å². The molecule has 0 saturated heterocycles. The van der Waals surface area contributed by atoms with Crippen LogP contribution in [0, 0.1) is 5.41 Å². The van der Waals surface area contributed by atoms with Gasteiger partial charge in [-0.15, -0.1) is 0 Å². The Hall–Kier alpha value is -1.97. The van der Waals surface area contributed by atoms with Crippen molar-refractivity contribution < 1.29 is 9.62 Å². The molecular formula is C9H8N2O2. The van der Waals surface area contributed by atoms with Gasteiger partial charge in [-0.3, -0.25) is 0 Å². The first kappa shape index (κ1) is 7.67. The fourth-order valence-corrected chi connectivity index (χ4v) is 1.12. The first-order chi connectivity index (χ1) is 6.27. The number of furan rings is 1. The molecule has 0 saturated carbocycles. The summed E-state index contributed by atoms with van der Waals surface area (Å²) >= 11 is 0. The standard InChI is InChI=1S/C9H8N2O2/c10-8-1-3-11(12)9(5-8)7-2-4-13-6-7/h1-6,10,12H. The maximum Gasteiger partial charge on any atom is 0.0997 e. The van der Waals surface area contributed by atoms with E-state index in [1.165, 1.54) is 24.8 Å². The third-order valence-electron chi connectivity index (χ3n) is 1.75. The molecule has 13 heavy (non-hydrogen) atoms. The van der Waals surface area contributed by atoms with Crippen LogP contribution in [0.4, 0.5) is 0 Å². The number of nitrogens with zero attached hydrogens (tertiary/aromatic N) is 1. The zero-order valence-electron chi connectivity index (χ0n) is 6.77. The minimum atomic E-state index is 0.349. The predicted octanol–water partition coefficient (Wildman–Crippen LogP) is 1.46. The van der Waals surface area contributed by atoms with Crippen molar-refractivity contribution in [3.8, 4) is 11.3 Å². The van der Waals surface area contributed by atoms with Gasteiger partial charge in [0.1, 0.15) is 0 Å². The molecule has 0 fully saturated rings. The Kier molecular flexibility index (Phi) is 1.66. The number of aromatic nitrogens is 1. The maximum atomic E-state index is 9.40. The molecule has 2 N–H and O–H groups in total. The number of pyridine rings is 1. The zero-order chi connectivity index (χ0) is 9.26. The summed E-state index contributed by atoms with van der Waals surface area (Å²) in [6, 6.07) is 4.79. The van der Waals surface area contributed by atoms with E-state index in [1.54, 1.807) is 12.1 Å². The summed E-state index contributed by atoms with van der Waals surface area (Å²) in [6.45, 7) is 0. The van der Waals surface area contributed by atoms with Gasteiger partial charge in [-0.2, -0.15) is 4.73 Å². The monoisotopic (exact) mass is 176 g/mol. The van der Waals surface area contributed by atoms with Gasteiger partial charge in [0.15, 0.2) is 0 Å². The Morgan fingerprint density at radius 3 is 2.92 bits per heavy atom. The third kappa shape index (κ3) is 1.33. The average molecular weight is 176 g/mol. The highest BCUT2D eigenvalue weighted by atomic mass is 16.5. The van der Waals surface area contributed by atoms with E-state index < -0.39 is 0 Å². The van der Waals surface area contributed by atoms with E-state index in [9.17, 15) is 5.21 Å². The summed E-state index contributed by atoms with van der Waals surface area (Å²) < 4.78 is 5.84. The maximum absolute atomic E-state index is 9.40. The molecule has 2 heterocycles. The zero-order valence-corrected chi connectivity index (χ0v) is 6.77. The van der Waals surface area contributed by atoms with Gasteiger partial charge in [0.25, 0.3) is 0 Å². The lowest BCUT2D eigenvalue weighted by molar-refractivity contribution is 0.189. The molecule has 2 aromatic heterocycles. The van der Waals surface area contributed by atoms with Crippen molar-refractivity contribution in [2.45, 2.75) is 0 Å². The van der Waals surface area contributed by atoms with Gasteiger partial charge in [0.05, 0.1) is 23.6 Å². The topological polar surface area (TPSA) is 62.2 Å². The molecular weight excluding hydrogens is 168 g/mol. The Balaban J connectivity index is 2.64. The van der Waals surface area contributed by atoms with Gasteiger partial charge >= 0.3 is 0 Å². The lowest BCUT2D eigenvalue weighted by Gasteiger charge is -2.03. The molecule has 0 radical (unpaired) electrons. The first-order valence-corrected chi connectivity index (χ1v) is 3.76. The third-order valence-corrected chi connectivity index (χ3v) is 1.75. The van der Waals surface area contributed by atoms with Crippen LogP contribution in [0.15, 0.2) is 41.3 Å². The van der Waals surface area contributed by atoms with Gasteiger partial charge in [0, 0.05) is 11.8 Å². The fraction of sp³-hybridized carbons (Fsp3) is 0. The second-order valence-electron chi connectivity index (χ2n) is 2.66. The summed E-state index contributed by atoms with van der Waals surface area (Å²) in [5.41, 5.74) is 1.29. The van der Waals surface area contributed by atoms with Crippen molar-refractivity contribution in [3.63, 3.8) is 0 Å². The summed E-state index contributed by atoms with van der Waals surface area (Å²) in [6.07, 6.45) is 4.46. The largest absolute Gasteiger partial charge is 0.472 e. The van der Waals surface area contributed by atoms with Crippen LogP contribution in [0.25, 0.3) is 11.3 Å². The lowest BCUT2D eigenvalue weighted by atomic mass is 10.2. The van der Waals surface area contributed by atoms with Crippen molar-refractivity contribution in [1.82, 2.24) is 4.73 Å². The number of hydrogen-bond acceptors (Lipinski definition) is 3. The smallest absolute Gasteiger partial charge is 0.0997 e. The quantitative estimate of drug-likeness (QED) is 0.646. The van der Waals surface area contributed by atoms with E-state index in [-0.39, 0.29) is 0 Å². The fourth-order valence-electron chi connectivity index (χ4n) is 1.12. The van der Waals surface area contributed by atoms with E-state index in [1.807, 2.05) is 0 Å². The van der Waals surface area contributed by atoms with E-state index in [2.05, 4.69) is 0 Å². The molecule has 0 unspecified atom stereocenters. The average Bonchev–Trinajstić information content (AvgIpc) is 2.61. The molecule has 0 atom stereocenters. The lowest BCUT2D eigenvalue weighted by Crippen LogP contribution is -2.05. The molecule has 0 aliphatic heterocycles. The second kappa shape index (κ2) is 2.82. The van der Waals surface area contributed by atoms with Gasteiger partial charge in [-0.25, -0.2) is 0 Å². The van der Waals surface area contributed by atoms with Crippen LogP contribution in [-0.4, -0.2) is 9.94 Å². The number of nitrogens with one attached hydrogen (secondary N) is 1. The van der Waals surface area contributed by atoms with Crippen LogP contribution >= 0.6 is 0 Å². The summed E-state index contributed by atoms with van der Waals surface area (Å²) in [7, 11) is 0. The number of hydrogen-bond donors (Lipinski definition) is 2. The van der Waals surface area contributed by atoms with Crippen LogP contribution in [-0.2, 0) is 0 Å². The van der Waals surface area contributed by atoms with Gasteiger partial charge < -0.3 is 15.0 Å². The highest BCUT2D eigenvalue weighted by molar-refractivity contribution is 5.56. The Bertz CT molecular complexity index is 457. The SMILES string of the molecule is N=c1ccn(O)c(-c2ccoc2)c1. The summed E-state index contributed by atoms with van der Waals surface area (Å²) in [4.78, 5) is 0. The van der Waals surface area contributed by atoms with E-state index in [0.717, 1.165) is 10.3 Å². The van der Waals surface area contributed by atoms with Gasteiger partial charge in [-0.05, 0) is 18.2 Å². The van der Waals surface area contributed by atoms with Crippen molar-refractivity contribution >= 4 is 0 Å². The minimum Gasteiger partial charge on any atom is -0.472 e. The normalized spacial score (nSPS) is 10.2. The molecule has 2 rings (SSSR count). The number of rotatable bonds is 1. The van der Waals surface area contributed by atoms with E-state index in [4.69, 9.17) is 9.83 Å². The highest BCUT2D eigenvalue weighted by Gasteiger charge is 2.02. The van der Waals surface area contributed by atoms with Crippen LogP contribution in [0.3, 0.4) is 0 Å². The van der Waals surface area contributed by atoms with Crippen molar-refractivity contribution in [2.24, 2.45) is 0 Å². The van der Waals surface area contributed by atoms with Gasteiger partial charge in [-0.1, -0.05) is 0 Å². The van der Waals surface area contributed by atoms with E-state index in [0.29, 0.717) is 11.1 Å². The van der Waals surface area contributed by atoms with Crippen LogP contribution in [0.2, 0.25) is 0 Å². The summed E-state index contributed by atoms with van der Waals surface area (Å²) in [5, 5.41) is 17.1. The highest BCUT2D eigenvalue weighted by Crippen LogP contribution is 2.16. The molecule has 0 bridgehead atoms. The van der Waals surface area contributed by atoms with Crippen molar-refractivity contribution in [1.29, 1.82) is 5.41 Å². The van der Waals surface area contributed by atoms with Crippen LogP contribution in [0.1, 0.15) is 0 Å². The Labute approximate surface area is 74.1 Å². The first-order valence-electron chi connectivity index (χ1n) is 3.76. The molecule has 4 nitrogen and oxygen atoms in total. The van der Waals surface area contributed by atoms with Crippen LogP contribution < -0.4 is 5.36 Å². The molecule has 66 valence electrons. The van der Waals surface area contributed by atoms with Crippen molar-refractivity contribution in [3.05, 3.63) is 42.3 Å². The molecule has 4 heteroatoms. The summed E-state index contributed by atoms with van der Waals surface area (Å²) in [5.74, 6) is 0. The molecule has 0 aromatic carbocycles. The van der Waals surface area contributed by atoms with Crippen LogP contribution in [0.5, 0.6) is 0 Å². The predicted molar refractivity (Wildman–Crippen MR) is 45.2 cm³/mol. The molecule has 0 aliphatic carbocycles. The molecule has 2 aromatic rings. The molecule has 0 spiro atoms. The molecule has 0 aliphatic rings. The second-order valence-corrected chi connectivity index (χ2v) is 2.66. The van der Waals surface area contributed by atoms with E-state index >= 15 is 0 Å².